The Morgan fingerprint density at radius 2 is 0.635 bits per heavy atom. The standard InChI is InChI=1S/C50H92O2/c1-3-5-7-9-11-13-15-17-19-21-23-25-27-29-31-33-35-37-39-41-43-45-47-49-48(50(51)52-49)46-44-42-40-38-36-34-32-30-28-26-24-22-20-18-16-14-12-10-8-6-4-2/h27-30,47-48H,3-26,31-46H2,1-2H3/b29-27-,30-28+,49-47-. The number of hydrogen-bond acceptors (Lipinski definition) is 2. The number of allylic oxidation sites excluding steroid dienone is 5. The van der Waals surface area contributed by atoms with E-state index >= 15 is 0 Å². The Hall–Kier alpha value is -1.31. The maximum atomic E-state index is 12.0. The molecule has 0 spiro atoms. The number of cyclic esters (lactones) is 1. The first kappa shape index (κ1) is 48.7. The van der Waals surface area contributed by atoms with Crippen molar-refractivity contribution in [3.05, 3.63) is 36.1 Å². The molecule has 1 unspecified atom stereocenters. The van der Waals surface area contributed by atoms with Gasteiger partial charge in [0.1, 0.15) is 11.7 Å². The van der Waals surface area contributed by atoms with Gasteiger partial charge in [0.25, 0.3) is 0 Å². The largest absolute Gasteiger partial charge is 0.430 e. The highest BCUT2D eigenvalue weighted by Gasteiger charge is 2.36. The zero-order valence-electron chi connectivity index (χ0n) is 35.6. The Morgan fingerprint density at radius 1 is 0.365 bits per heavy atom. The molecule has 0 aromatic carbocycles. The van der Waals surface area contributed by atoms with Crippen LogP contribution in [0, 0.1) is 5.92 Å². The Labute approximate surface area is 327 Å². The molecule has 1 atom stereocenters. The molecule has 2 nitrogen and oxygen atoms in total. The van der Waals surface area contributed by atoms with Crippen LogP contribution in [0.4, 0.5) is 0 Å². The van der Waals surface area contributed by atoms with Gasteiger partial charge in [0.2, 0.25) is 0 Å². The number of unbranched alkanes of at least 4 members (excludes halogenated alkanes) is 35. The lowest BCUT2D eigenvalue weighted by Crippen LogP contribution is -2.32. The summed E-state index contributed by atoms with van der Waals surface area (Å²) in [7, 11) is 0. The van der Waals surface area contributed by atoms with Crippen molar-refractivity contribution < 1.29 is 9.53 Å². The molecule has 0 amide bonds. The minimum absolute atomic E-state index is 0.0130. The van der Waals surface area contributed by atoms with E-state index in [1.54, 1.807) is 0 Å². The van der Waals surface area contributed by atoms with E-state index in [-0.39, 0.29) is 11.9 Å². The monoisotopic (exact) mass is 725 g/mol. The summed E-state index contributed by atoms with van der Waals surface area (Å²) in [6, 6.07) is 0. The molecule has 0 aromatic heterocycles. The van der Waals surface area contributed by atoms with Gasteiger partial charge in [-0.2, -0.15) is 0 Å². The molecule has 1 heterocycles. The van der Waals surface area contributed by atoms with Gasteiger partial charge in [-0.25, -0.2) is 0 Å². The lowest BCUT2D eigenvalue weighted by atomic mass is 9.93. The van der Waals surface area contributed by atoms with Crippen molar-refractivity contribution in [2.75, 3.05) is 0 Å². The molecule has 52 heavy (non-hydrogen) atoms. The molecule has 2 heteroatoms. The summed E-state index contributed by atoms with van der Waals surface area (Å²) in [4.78, 5) is 12.0. The van der Waals surface area contributed by atoms with Crippen molar-refractivity contribution in [3.63, 3.8) is 0 Å². The number of rotatable bonds is 42. The fraction of sp³-hybridized carbons (Fsp3) is 0.860. The summed E-state index contributed by atoms with van der Waals surface area (Å²) in [5, 5.41) is 0. The summed E-state index contributed by atoms with van der Waals surface area (Å²) in [5.41, 5.74) is 0. The van der Waals surface area contributed by atoms with Crippen molar-refractivity contribution in [3.8, 4) is 0 Å². The van der Waals surface area contributed by atoms with E-state index in [4.69, 9.17) is 4.74 Å². The molecule has 1 fully saturated rings. The zero-order chi connectivity index (χ0) is 37.3. The SMILES string of the molecule is CCCCCCCCCCCCC/C=C\CCCCCCCC/C=C1\OC(=O)C1CCCCCCCC/C=C/CCCCCCCCCCCCC. The number of hydrogen-bond donors (Lipinski definition) is 0. The Kier molecular flexibility index (Phi) is 38.3. The van der Waals surface area contributed by atoms with Crippen LogP contribution in [0.3, 0.4) is 0 Å². The minimum Gasteiger partial charge on any atom is -0.430 e. The fourth-order valence-electron chi connectivity index (χ4n) is 7.76. The van der Waals surface area contributed by atoms with E-state index in [0.29, 0.717) is 0 Å². The Bertz CT molecular complexity index is 822. The summed E-state index contributed by atoms with van der Waals surface area (Å²) in [6.45, 7) is 4.59. The first-order valence-electron chi connectivity index (χ1n) is 24.0. The predicted octanol–water partition coefficient (Wildman–Crippen LogP) is 17.8. The van der Waals surface area contributed by atoms with Crippen LogP contribution in [0.2, 0.25) is 0 Å². The molecule has 0 bridgehead atoms. The Balaban J connectivity index is 1.81. The molecule has 1 rings (SSSR count). The third kappa shape index (κ3) is 33.3. The molecule has 1 aliphatic heterocycles. The lowest BCUT2D eigenvalue weighted by molar-refractivity contribution is -0.157. The van der Waals surface area contributed by atoms with Gasteiger partial charge in [0.15, 0.2) is 0 Å². The Morgan fingerprint density at radius 3 is 0.942 bits per heavy atom. The molecular weight excluding hydrogens is 633 g/mol. The van der Waals surface area contributed by atoms with Crippen LogP contribution in [-0.2, 0) is 9.53 Å². The van der Waals surface area contributed by atoms with Gasteiger partial charge >= 0.3 is 5.97 Å². The average Bonchev–Trinajstić information content (AvgIpc) is 3.15. The van der Waals surface area contributed by atoms with Gasteiger partial charge in [-0.1, -0.05) is 224 Å². The number of carbonyl (C=O) groups is 1. The zero-order valence-corrected chi connectivity index (χ0v) is 35.6. The third-order valence-electron chi connectivity index (χ3n) is 11.4. The second-order valence-corrected chi connectivity index (χ2v) is 16.6. The molecule has 0 saturated carbocycles. The lowest BCUT2D eigenvalue weighted by Gasteiger charge is -2.28. The van der Waals surface area contributed by atoms with E-state index < -0.39 is 0 Å². The number of ether oxygens (including phenoxy) is 1. The molecule has 0 aromatic rings. The smallest absolute Gasteiger partial charge is 0.321 e. The van der Waals surface area contributed by atoms with E-state index in [2.05, 4.69) is 44.2 Å². The maximum Gasteiger partial charge on any atom is 0.321 e. The van der Waals surface area contributed by atoms with Gasteiger partial charge in [0, 0.05) is 0 Å². The van der Waals surface area contributed by atoms with Crippen molar-refractivity contribution in [1.29, 1.82) is 0 Å². The normalized spacial score (nSPS) is 15.4. The summed E-state index contributed by atoms with van der Waals surface area (Å²) >= 11 is 0. The van der Waals surface area contributed by atoms with Crippen molar-refractivity contribution in [2.24, 2.45) is 5.92 Å². The average molecular weight is 725 g/mol. The second kappa shape index (κ2) is 40.9. The summed E-state index contributed by atoms with van der Waals surface area (Å²) < 4.78 is 5.41. The van der Waals surface area contributed by atoms with Crippen LogP contribution in [0.15, 0.2) is 36.1 Å². The van der Waals surface area contributed by atoms with Crippen LogP contribution in [0.1, 0.15) is 271 Å². The molecular formula is C50H92O2. The molecule has 0 radical (unpaired) electrons. The van der Waals surface area contributed by atoms with Crippen LogP contribution in [0.25, 0.3) is 0 Å². The van der Waals surface area contributed by atoms with Gasteiger partial charge in [-0.05, 0) is 76.7 Å². The first-order valence-corrected chi connectivity index (χ1v) is 24.0. The van der Waals surface area contributed by atoms with Gasteiger partial charge in [-0.15, -0.1) is 0 Å². The molecule has 0 N–H and O–H groups in total. The highest BCUT2D eigenvalue weighted by Crippen LogP contribution is 2.32. The van der Waals surface area contributed by atoms with E-state index in [1.165, 1.54) is 238 Å². The number of esters is 1. The van der Waals surface area contributed by atoms with Crippen molar-refractivity contribution >= 4 is 5.97 Å². The van der Waals surface area contributed by atoms with Crippen molar-refractivity contribution in [1.82, 2.24) is 0 Å². The van der Waals surface area contributed by atoms with E-state index in [1.807, 2.05) is 0 Å². The van der Waals surface area contributed by atoms with Crippen molar-refractivity contribution in [2.45, 2.75) is 271 Å². The topological polar surface area (TPSA) is 26.3 Å². The van der Waals surface area contributed by atoms with E-state index in [9.17, 15) is 4.79 Å². The third-order valence-corrected chi connectivity index (χ3v) is 11.4. The van der Waals surface area contributed by atoms with Gasteiger partial charge in [-0.3, -0.25) is 4.79 Å². The van der Waals surface area contributed by atoms with Gasteiger partial charge in [0.05, 0.1) is 0 Å². The molecule has 304 valence electrons. The van der Waals surface area contributed by atoms with Gasteiger partial charge < -0.3 is 4.74 Å². The predicted molar refractivity (Wildman–Crippen MR) is 232 cm³/mol. The van der Waals surface area contributed by atoms with E-state index in [0.717, 1.165) is 25.0 Å². The van der Waals surface area contributed by atoms with Crippen LogP contribution in [0.5, 0.6) is 0 Å². The highest BCUT2D eigenvalue weighted by atomic mass is 16.6. The fourth-order valence-corrected chi connectivity index (χ4v) is 7.76. The molecule has 1 aliphatic rings. The summed E-state index contributed by atoms with van der Waals surface area (Å²) in [6.07, 6.45) is 66.1. The first-order chi connectivity index (χ1) is 25.8. The maximum absolute atomic E-state index is 12.0. The second-order valence-electron chi connectivity index (χ2n) is 16.6. The van der Waals surface area contributed by atoms with Crippen LogP contribution < -0.4 is 0 Å². The van der Waals surface area contributed by atoms with Crippen LogP contribution in [-0.4, -0.2) is 5.97 Å². The molecule has 0 aliphatic carbocycles. The minimum atomic E-state index is 0.0130. The summed E-state index contributed by atoms with van der Waals surface area (Å²) in [5.74, 6) is 1.05. The highest BCUT2D eigenvalue weighted by molar-refractivity contribution is 5.82. The van der Waals surface area contributed by atoms with Crippen LogP contribution >= 0.6 is 0 Å². The quantitative estimate of drug-likeness (QED) is 0.0356. The molecule has 1 saturated heterocycles. The number of carbonyl (C=O) groups excluding carboxylic acids is 1.